The zero-order chi connectivity index (χ0) is 20.6. The molecule has 3 heterocycles. The Labute approximate surface area is 178 Å². The molecule has 3 aromatic rings. The molecule has 4 rings (SSSR count). The molecular formula is C24H30N6. The van der Waals surface area contributed by atoms with Gasteiger partial charge in [-0.05, 0) is 55.7 Å². The molecule has 0 bridgehead atoms. The van der Waals surface area contributed by atoms with Gasteiger partial charge in [-0.15, -0.1) is 0 Å². The van der Waals surface area contributed by atoms with Crippen LogP contribution in [0.25, 0.3) is 0 Å². The third-order valence-electron chi connectivity index (χ3n) is 5.72. The Kier molecular flexibility index (Phi) is 7.13. The van der Waals surface area contributed by atoms with Crippen LogP contribution in [-0.4, -0.2) is 38.0 Å². The topological polar surface area (TPSA) is 80.0 Å². The number of nitrogens with two attached hydrogens (primary N) is 1. The summed E-state index contributed by atoms with van der Waals surface area (Å²) in [7, 11) is 0. The lowest BCUT2D eigenvalue weighted by atomic mass is 9.86. The third kappa shape index (κ3) is 5.92. The molecule has 0 aromatic carbocycles. The fourth-order valence-electron chi connectivity index (χ4n) is 4.26. The smallest absolute Gasteiger partial charge is 0.0544 e. The quantitative estimate of drug-likeness (QED) is 0.603. The van der Waals surface area contributed by atoms with Gasteiger partial charge in [-0.25, -0.2) is 0 Å². The van der Waals surface area contributed by atoms with Crippen LogP contribution in [-0.2, 0) is 19.6 Å². The van der Waals surface area contributed by atoms with Crippen molar-refractivity contribution >= 4 is 0 Å². The van der Waals surface area contributed by atoms with E-state index in [0.29, 0.717) is 12.1 Å². The number of hydrogen-bond acceptors (Lipinski definition) is 6. The number of nitrogens with one attached hydrogen (secondary N) is 1. The SMILES string of the molecule is N[C@@H]1C[C@H](NCc2ccccn2)C[C@H](N(Cc2ccccn2)Cc2ccccn2)C1. The summed E-state index contributed by atoms with van der Waals surface area (Å²) in [5.41, 5.74) is 9.71. The van der Waals surface area contributed by atoms with Gasteiger partial charge in [-0.2, -0.15) is 0 Å². The second-order valence-corrected chi connectivity index (χ2v) is 8.07. The summed E-state index contributed by atoms with van der Waals surface area (Å²) in [6.45, 7) is 2.36. The molecule has 6 heteroatoms. The Balaban J connectivity index is 1.46. The first-order chi connectivity index (χ1) is 14.8. The minimum atomic E-state index is 0.181. The second-order valence-electron chi connectivity index (χ2n) is 8.07. The summed E-state index contributed by atoms with van der Waals surface area (Å²) in [4.78, 5) is 16.0. The van der Waals surface area contributed by atoms with Crippen LogP contribution in [0.4, 0.5) is 0 Å². The van der Waals surface area contributed by atoms with E-state index < -0.39 is 0 Å². The third-order valence-corrected chi connectivity index (χ3v) is 5.72. The van der Waals surface area contributed by atoms with Gasteiger partial charge in [0, 0.05) is 56.4 Å². The Hall–Kier alpha value is -2.67. The fraction of sp³-hybridized carbons (Fsp3) is 0.375. The van der Waals surface area contributed by atoms with Gasteiger partial charge in [0.05, 0.1) is 17.1 Å². The average molecular weight is 403 g/mol. The first kappa shape index (κ1) is 20.6. The molecule has 30 heavy (non-hydrogen) atoms. The first-order valence-corrected chi connectivity index (χ1v) is 10.7. The molecule has 3 atom stereocenters. The summed E-state index contributed by atoms with van der Waals surface area (Å²) in [6.07, 6.45) is 8.59. The van der Waals surface area contributed by atoms with Crippen LogP contribution in [0.2, 0.25) is 0 Å². The van der Waals surface area contributed by atoms with Gasteiger partial charge in [0.15, 0.2) is 0 Å². The van der Waals surface area contributed by atoms with Crippen molar-refractivity contribution in [1.82, 2.24) is 25.2 Å². The van der Waals surface area contributed by atoms with Gasteiger partial charge in [0.1, 0.15) is 0 Å². The number of pyridine rings is 3. The predicted octanol–water partition coefficient (Wildman–Crippen LogP) is 2.91. The molecule has 1 aliphatic carbocycles. The Morgan fingerprint density at radius 1 is 0.767 bits per heavy atom. The second kappa shape index (κ2) is 10.4. The molecule has 3 aromatic heterocycles. The van der Waals surface area contributed by atoms with Crippen LogP contribution >= 0.6 is 0 Å². The molecule has 1 aliphatic rings. The maximum absolute atomic E-state index is 6.50. The number of hydrogen-bond donors (Lipinski definition) is 2. The van der Waals surface area contributed by atoms with E-state index in [9.17, 15) is 0 Å². The summed E-state index contributed by atoms with van der Waals surface area (Å²) in [5, 5.41) is 3.68. The molecule has 0 unspecified atom stereocenters. The van der Waals surface area contributed by atoms with Gasteiger partial charge in [-0.3, -0.25) is 19.9 Å². The minimum Gasteiger partial charge on any atom is -0.328 e. The first-order valence-electron chi connectivity index (χ1n) is 10.7. The lowest BCUT2D eigenvalue weighted by Gasteiger charge is -2.40. The summed E-state index contributed by atoms with van der Waals surface area (Å²) < 4.78 is 0. The van der Waals surface area contributed by atoms with Crippen molar-refractivity contribution in [1.29, 1.82) is 0 Å². The molecule has 156 valence electrons. The largest absolute Gasteiger partial charge is 0.328 e. The van der Waals surface area contributed by atoms with E-state index in [2.05, 4.69) is 43.4 Å². The average Bonchev–Trinajstić information content (AvgIpc) is 2.79. The van der Waals surface area contributed by atoms with E-state index in [1.807, 2.05) is 55.0 Å². The standard InChI is InChI=1S/C24H30N6/c25-19-13-23(29-16-20-7-1-4-10-26-20)15-24(14-19)30(17-21-8-2-5-11-27-21)18-22-9-3-6-12-28-22/h1-12,19,23-24,29H,13-18,25H2/t19-,23+,24-/m1/s1. The zero-order valence-electron chi connectivity index (χ0n) is 17.3. The van der Waals surface area contributed by atoms with Crippen molar-refractivity contribution in [3.63, 3.8) is 0 Å². The van der Waals surface area contributed by atoms with Crippen molar-refractivity contribution in [2.24, 2.45) is 5.73 Å². The van der Waals surface area contributed by atoms with Crippen molar-refractivity contribution in [3.05, 3.63) is 90.3 Å². The van der Waals surface area contributed by atoms with Crippen LogP contribution in [0.15, 0.2) is 73.2 Å². The highest BCUT2D eigenvalue weighted by Gasteiger charge is 2.31. The van der Waals surface area contributed by atoms with E-state index in [1.165, 1.54) is 0 Å². The van der Waals surface area contributed by atoms with E-state index >= 15 is 0 Å². The summed E-state index contributed by atoms with van der Waals surface area (Å²) in [5.74, 6) is 0. The number of nitrogens with zero attached hydrogens (tertiary/aromatic N) is 4. The molecule has 0 spiro atoms. The minimum absolute atomic E-state index is 0.181. The molecule has 0 amide bonds. The van der Waals surface area contributed by atoms with E-state index in [4.69, 9.17) is 5.73 Å². The van der Waals surface area contributed by atoms with Crippen LogP contribution in [0.3, 0.4) is 0 Å². The Bertz CT molecular complexity index is 832. The van der Waals surface area contributed by atoms with Crippen LogP contribution < -0.4 is 11.1 Å². The lowest BCUT2D eigenvalue weighted by molar-refractivity contribution is 0.112. The van der Waals surface area contributed by atoms with E-state index in [0.717, 1.165) is 56.0 Å². The van der Waals surface area contributed by atoms with Crippen LogP contribution in [0.5, 0.6) is 0 Å². The molecule has 0 saturated heterocycles. The zero-order valence-corrected chi connectivity index (χ0v) is 17.3. The Morgan fingerprint density at radius 3 is 1.87 bits per heavy atom. The normalized spacial score (nSPS) is 21.6. The number of aromatic nitrogens is 3. The highest BCUT2D eigenvalue weighted by atomic mass is 15.2. The number of rotatable bonds is 8. The van der Waals surface area contributed by atoms with Gasteiger partial charge < -0.3 is 11.1 Å². The molecular weight excluding hydrogens is 372 g/mol. The summed E-state index contributed by atoms with van der Waals surface area (Å²) >= 11 is 0. The highest BCUT2D eigenvalue weighted by Crippen LogP contribution is 2.25. The van der Waals surface area contributed by atoms with Crippen LogP contribution in [0, 0.1) is 0 Å². The monoisotopic (exact) mass is 402 g/mol. The van der Waals surface area contributed by atoms with Gasteiger partial charge in [-0.1, -0.05) is 18.2 Å². The predicted molar refractivity (Wildman–Crippen MR) is 118 cm³/mol. The van der Waals surface area contributed by atoms with Gasteiger partial charge in [0.2, 0.25) is 0 Å². The van der Waals surface area contributed by atoms with Crippen molar-refractivity contribution in [2.75, 3.05) is 0 Å². The van der Waals surface area contributed by atoms with Crippen molar-refractivity contribution in [3.8, 4) is 0 Å². The molecule has 1 fully saturated rings. The van der Waals surface area contributed by atoms with Crippen LogP contribution in [0.1, 0.15) is 36.3 Å². The maximum Gasteiger partial charge on any atom is 0.0544 e. The molecule has 0 radical (unpaired) electrons. The molecule has 3 N–H and O–H groups in total. The molecule has 0 aliphatic heterocycles. The maximum atomic E-state index is 6.50. The lowest BCUT2D eigenvalue weighted by Crippen LogP contribution is -2.50. The van der Waals surface area contributed by atoms with Crippen molar-refractivity contribution in [2.45, 2.75) is 57.0 Å². The van der Waals surface area contributed by atoms with E-state index in [1.54, 1.807) is 0 Å². The van der Waals surface area contributed by atoms with E-state index in [-0.39, 0.29) is 6.04 Å². The van der Waals surface area contributed by atoms with Gasteiger partial charge in [0.25, 0.3) is 0 Å². The molecule has 1 saturated carbocycles. The highest BCUT2D eigenvalue weighted by molar-refractivity contribution is 5.08. The molecule has 6 nitrogen and oxygen atoms in total. The van der Waals surface area contributed by atoms with Crippen molar-refractivity contribution < 1.29 is 0 Å². The van der Waals surface area contributed by atoms with Gasteiger partial charge >= 0.3 is 0 Å². The summed E-state index contributed by atoms with van der Waals surface area (Å²) in [6, 6.07) is 19.1. The Morgan fingerprint density at radius 2 is 1.33 bits per heavy atom. The fourth-order valence-corrected chi connectivity index (χ4v) is 4.26.